The highest BCUT2D eigenvalue weighted by molar-refractivity contribution is 7.20. The Balaban J connectivity index is 1.58. The second kappa shape index (κ2) is 6.54. The van der Waals surface area contributed by atoms with Crippen LogP contribution in [0.15, 0.2) is 24.3 Å². The van der Waals surface area contributed by atoms with Crippen molar-refractivity contribution in [1.29, 1.82) is 0 Å². The van der Waals surface area contributed by atoms with Crippen molar-refractivity contribution in [1.82, 2.24) is 10.3 Å². The fraction of sp³-hybridized carbons (Fsp3) is 0.500. The number of para-hydroxylation sites is 1. The number of aliphatic hydroxyl groups excluding tert-OH is 1. The van der Waals surface area contributed by atoms with Crippen LogP contribution >= 0.6 is 11.3 Å². The number of hydrogen-bond acceptors (Lipinski definition) is 4. The molecule has 2 aromatic rings. The number of fused-ring (bicyclic) bond motifs is 1. The van der Waals surface area contributed by atoms with Crippen LogP contribution in [0.3, 0.4) is 0 Å². The van der Waals surface area contributed by atoms with Crippen LogP contribution in [0.4, 0.5) is 0 Å². The predicted molar refractivity (Wildman–Crippen MR) is 84.5 cm³/mol. The highest BCUT2D eigenvalue weighted by Crippen LogP contribution is 2.26. The molecule has 0 spiro atoms. The Morgan fingerprint density at radius 1 is 1.33 bits per heavy atom. The third-order valence-corrected chi connectivity index (χ3v) is 5.19. The molecule has 0 bridgehead atoms. The van der Waals surface area contributed by atoms with E-state index in [2.05, 4.69) is 10.3 Å². The molecule has 1 aliphatic carbocycles. The molecule has 1 saturated carbocycles. The Labute approximate surface area is 128 Å². The molecule has 5 heteroatoms. The number of thiazole rings is 1. The number of aliphatic hydroxyl groups is 1. The van der Waals surface area contributed by atoms with Gasteiger partial charge in [0.15, 0.2) is 5.01 Å². The third-order valence-electron chi connectivity index (χ3n) is 4.15. The Hall–Kier alpha value is -1.46. The van der Waals surface area contributed by atoms with E-state index in [0.29, 0.717) is 17.5 Å². The number of carbonyl (C=O) groups is 1. The zero-order valence-corrected chi connectivity index (χ0v) is 12.7. The van der Waals surface area contributed by atoms with Crippen molar-refractivity contribution < 1.29 is 9.90 Å². The number of amides is 1. The first-order valence-electron chi connectivity index (χ1n) is 7.56. The van der Waals surface area contributed by atoms with Gasteiger partial charge >= 0.3 is 0 Å². The molecule has 0 aliphatic heterocycles. The first-order chi connectivity index (χ1) is 10.2. The van der Waals surface area contributed by atoms with E-state index in [1.54, 1.807) is 0 Å². The zero-order chi connectivity index (χ0) is 14.7. The van der Waals surface area contributed by atoms with Gasteiger partial charge in [-0.3, -0.25) is 4.79 Å². The zero-order valence-electron chi connectivity index (χ0n) is 11.9. The largest absolute Gasteiger partial charge is 0.391 e. The highest BCUT2D eigenvalue weighted by atomic mass is 32.1. The quantitative estimate of drug-likeness (QED) is 0.913. The molecule has 3 rings (SSSR count). The van der Waals surface area contributed by atoms with Gasteiger partial charge in [-0.05, 0) is 30.9 Å². The Bertz CT molecular complexity index is 587. The van der Waals surface area contributed by atoms with Crippen molar-refractivity contribution in [2.75, 3.05) is 6.54 Å². The normalized spacial score (nSPS) is 17.8. The van der Waals surface area contributed by atoms with Gasteiger partial charge in [0.25, 0.3) is 5.91 Å². The molecule has 1 aromatic carbocycles. The first kappa shape index (κ1) is 14.5. The van der Waals surface area contributed by atoms with Gasteiger partial charge in [0.2, 0.25) is 0 Å². The van der Waals surface area contributed by atoms with Gasteiger partial charge in [0.05, 0.1) is 16.3 Å². The minimum absolute atomic E-state index is 0.189. The topological polar surface area (TPSA) is 62.2 Å². The molecule has 1 heterocycles. The fourth-order valence-corrected chi connectivity index (χ4v) is 3.81. The lowest BCUT2D eigenvalue weighted by Gasteiger charge is -2.26. The lowest BCUT2D eigenvalue weighted by atomic mass is 9.85. The summed E-state index contributed by atoms with van der Waals surface area (Å²) in [4.78, 5) is 16.5. The smallest absolute Gasteiger partial charge is 0.280 e. The molecular weight excluding hydrogens is 284 g/mol. The van der Waals surface area contributed by atoms with Gasteiger partial charge in [-0.1, -0.05) is 31.4 Å². The second-order valence-electron chi connectivity index (χ2n) is 5.66. The number of rotatable bonds is 4. The number of carbonyl (C=O) groups excluding carboxylic acids is 1. The Morgan fingerprint density at radius 3 is 2.86 bits per heavy atom. The molecule has 1 aromatic heterocycles. The number of hydrogen-bond donors (Lipinski definition) is 2. The van der Waals surface area contributed by atoms with Crippen molar-refractivity contribution in [2.24, 2.45) is 5.92 Å². The van der Waals surface area contributed by atoms with Crippen molar-refractivity contribution >= 4 is 27.5 Å². The van der Waals surface area contributed by atoms with Gasteiger partial charge < -0.3 is 10.4 Å². The molecule has 0 radical (unpaired) electrons. The molecule has 21 heavy (non-hydrogen) atoms. The van der Waals surface area contributed by atoms with Crippen LogP contribution in [0.2, 0.25) is 0 Å². The third kappa shape index (κ3) is 3.41. The monoisotopic (exact) mass is 304 g/mol. The summed E-state index contributed by atoms with van der Waals surface area (Å²) in [6, 6.07) is 7.71. The molecule has 1 atom stereocenters. The van der Waals surface area contributed by atoms with E-state index in [-0.39, 0.29) is 5.91 Å². The van der Waals surface area contributed by atoms with E-state index in [9.17, 15) is 9.90 Å². The summed E-state index contributed by atoms with van der Waals surface area (Å²) in [5, 5.41) is 13.5. The minimum Gasteiger partial charge on any atom is -0.391 e. The minimum atomic E-state index is -0.441. The standard InChI is InChI=1S/C16H20N2O2S/c19-13(11-6-2-1-3-7-11)10-17-15(20)16-18-12-8-4-5-9-14(12)21-16/h4-5,8-9,11,13,19H,1-3,6-7,10H2,(H,17,20). The summed E-state index contributed by atoms with van der Waals surface area (Å²) >= 11 is 1.39. The first-order valence-corrected chi connectivity index (χ1v) is 8.37. The summed E-state index contributed by atoms with van der Waals surface area (Å²) in [6.45, 7) is 0.319. The second-order valence-corrected chi connectivity index (χ2v) is 6.69. The molecule has 1 fully saturated rings. The average Bonchev–Trinajstić information content (AvgIpc) is 2.97. The number of benzene rings is 1. The van der Waals surface area contributed by atoms with Crippen molar-refractivity contribution in [3.63, 3.8) is 0 Å². The van der Waals surface area contributed by atoms with Gasteiger partial charge in [0.1, 0.15) is 0 Å². The molecule has 1 unspecified atom stereocenters. The number of nitrogens with one attached hydrogen (secondary N) is 1. The van der Waals surface area contributed by atoms with Crippen LogP contribution in [0.1, 0.15) is 41.9 Å². The lowest BCUT2D eigenvalue weighted by Crippen LogP contribution is -2.37. The molecule has 112 valence electrons. The fourth-order valence-electron chi connectivity index (χ4n) is 2.93. The SMILES string of the molecule is O=C(NCC(O)C1CCCCC1)c1nc2ccccc2s1. The van der Waals surface area contributed by atoms with Crippen molar-refractivity contribution in [3.8, 4) is 0 Å². The summed E-state index contributed by atoms with van der Waals surface area (Å²) in [6.07, 6.45) is 5.34. The number of nitrogens with zero attached hydrogens (tertiary/aromatic N) is 1. The Kier molecular flexibility index (Phi) is 4.51. The molecule has 1 aliphatic rings. The van der Waals surface area contributed by atoms with E-state index in [1.807, 2.05) is 24.3 Å². The lowest BCUT2D eigenvalue weighted by molar-refractivity contribution is 0.0738. The van der Waals surface area contributed by atoms with Crippen LogP contribution in [0.5, 0.6) is 0 Å². The van der Waals surface area contributed by atoms with E-state index in [1.165, 1.54) is 30.6 Å². The highest BCUT2D eigenvalue weighted by Gasteiger charge is 2.22. The van der Waals surface area contributed by atoms with Gasteiger partial charge in [-0.15, -0.1) is 11.3 Å². The molecule has 2 N–H and O–H groups in total. The van der Waals surface area contributed by atoms with Gasteiger partial charge in [-0.2, -0.15) is 0 Å². The average molecular weight is 304 g/mol. The number of aromatic nitrogens is 1. The van der Waals surface area contributed by atoms with E-state index in [0.717, 1.165) is 23.1 Å². The molecular formula is C16H20N2O2S. The molecule has 0 saturated heterocycles. The summed E-state index contributed by atoms with van der Waals surface area (Å²) in [7, 11) is 0. The molecule has 1 amide bonds. The predicted octanol–water partition coefficient (Wildman–Crippen LogP) is 2.97. The van der Waals surface area contributed by atoms with E-state index in [4.69, 9.17) is 0 Å². The maximum atomic E-state index is 12.1. The van der Waals surface area contributed by atoms with Crippen molar-refractivity contribution in [3.05, 3.63) is 29.3 Å². The van der Waals surface area contributed by atoms with Crippen LogP contribution in [-0.2, 0) is 0 Å². The summed E-state index contributed by atoms with van der Waals surface area (Å²) in [5.41, 5.74) is 0.848. The van der Waals surface area contributed by atoms with Gasteiger partial charge in [0, 0.05) is 6.54 Å². The maximum absolute atomic E-state index is 12.1. The van der Waals surface area contributed by atoms with Crippen LogP contribution in [-0.4, -0.2) is 28.6 Å². The maximum Gasteiger partial charge on any atom is 0.280 e. The summed E-state index contributed by atoms with van der Waals surface area (Å²) in [5.74, 6) is 0.139. The van der Waals surface area contributed by atoms with Crippen molar-refractivity contribution in [2.45, 2.75) is 38.2 Å². The van der Waals surface area contributed by atoms with Crippen LogP contribution < -0.4 is 5.32 Å². The molecule has 4 nitrogen and oxygen atoms in total. The summed E-state index contributed by atoms with van der Waals surface area (Å²) < 4.78 is 1.01. The van der Waals surface area contributed by atoms with Crippen LogP contribution in [0.25, 0.3) is 10.2 Å². The van der Waals surface area contributed by atoms with E-state index >= 15 is 0 Å². The Morgan fingerprint density at radius 2 is 2.10 bits per heavy atom. The van der Waals surface area contributed by atoms with Gasteiger partial charge in [-0.25, -0.2) is 4.98 Å². The van der Waals surface area contributed by atoms with E-state index < -0.39 is 6.10 Å². The van der Waals surface area contributed by atoms with Crippen LogP contribution in [0, 0.1) is 5.92 Å².